The molecular formula is C27H33N7O4. The number of anilines is 3. The van der Waals surface area contributed by atoms with Gasteiger partial charge < -0.3 is 14.8 Å². The Kier molecular flexibility index (Phi) is 7.56. The van der Waals surface area contributed by atoms with E-state index in [0.29, 0.717) is 61.4 Å². The van der Waals surface area contributed by atoms with Gasteiger partial charge in [-0.05, 0) is 49.8 Å². The number of morpholine rings is 1. The van der Waals surface area contributed by atoms with Crippen molar-refractivity contribution >= 4 is 29.6 Å². The van der Waals surface area contributed by atoms with Gasteiger partial charge in [0.25, 0.3) is 0 Å². The highest BCUT2D eigenvalue weighted by molar-refractivity contribution is 6.01. The van der Waals surface area contributed by atoms with Crippen LogP contribution in [0.2, 0.25) is 0 Å². The van der Waals surface area contributed by atoms with Crippen molar-refractivity contribution in [3.8, 4) is 6.07 Å². The molecule has 4 heterocycles. The molecule has 1 saturated heterocycles. The molecule has 2 aromatic rings. The molecule has 0 radical (unpaired) electrons. The van der Waals surface area contributed by atoms with Crippen molar-refractivity contribution < 1.29 is 19.1 Å². The molecule has 200 valence electrons. The van der Waals surface area contributed by atoms with Crippen molar-refractivity contribution in [1.82, 2.24) is 14.9 Å². The van der Waals surface area contributed by atoms with Gasteiger partial charge in [0, 0.05) is 50.6 Å². The highest BCUT2D eigenvalue weighted by Gasteiger charge is 2.52. The van der Waals surface area contributed by atoms with Gasteiger partial charge in [-0.2, -0.15) is 5.26 Å². The molecule has 38 heavy (non-hydrogen) atoms. The molecule has 0 aromatic carbocycles. The molecule has 3 aliphatic rings. The van der Waals surface area contributed by atoms with Gasteiger partial charge in [0.15, 0.2) is 6.29 Å². The first-order chi connectivity index (χ1) is 18.5. The highest BCUT2D eigenvalue weighted by Crippen LogP contribution is 2.46. The molecule has 1 aliphatic carbocycles. The summed E-state index contributed by atoms with van der Waals surface area (Å²) >= 11 is 0. The number of hydrogen-bond donors (Lipinski definition) is 2. The van der Waals surface area contributed by atoms with Crippen molar-refractivity contribution in [2.75, 3.05) is 55.6 Å². The first-order valence-corrected chi connectivity index (χ1v) is 13.0. The first-order valence-electron chi connectivity index (χ1n) is 13.0. The van der Waals surface area contributed by atoms with E-state index in [0.717, 1.165) is 49.7 Å². The molecule has 2 N–H and O–H groups in total. The average Bonchev–Trinajstić information content (AvgIpc) is 3.70. The Labute approximate surface area is 222 Å². The summed E-state index contributed by atoms with van der Waals surface area (Å²) in [5, 5.41) is 15.3. The van der Waals surface area contributed by atoms with Crippen LogP contribution in [-0.2, 0) is 22.4 Å². The van der Waals surface area contributed by atoms with E-state index in [1.807, 2.05) is 6.07 Å². The standard InChI is InChI=1S/C27H33N7O4/c1-18-16-38-17-27(5-6-27)34(18)14-20-10-19-4-3-8-33(25(19)31-23(20)15-35)26(36)32-24-11-22(29-7-9-37-2)21(12-28)13-30-24/h10-11,13,15,18H,3-9,14,16-17H2,1-2H3,(H2,29,30,32,36). The lowest BCUT2D eigenvalue weighted by molar-refractivity contribution is -0.0601. The summed E-state index contributed by atoms with van der Waals surface area (Å²) in [6.45, 7) is 5.66. The van der Waals surface area contributed by atoms with Crippen LogP contribution in [0, 0.1) is 11.3 Å². The summed E-state index contributed by atoms with van der Waals surface area (Å²) in [4.78, 5) is 38.3. The Morgan fingerprint density at radius 2 is 2.24 bits per heavy atom. The van der Waals surface area contributed by atoms with E-state index in [1.165, 1.54) is 6.20 Å². The third-order valence-corrected chi connectivity index (χ3v) is 7.55. The number of amides is 2. The smallest absolute Gasteiger partial charge is 0.328 e. The summed E-state index contributed by atoms with van der Waals surface area (Å²) in [7, 11) is 1.60. The normalized spacial score (nSPS) is 19.9. The number of nitrogens with zero attached hydrogens (tertiary/aromatic N) is 5. The molecular weight excluding hydrogens is 486 g/mol. The summed E-state index contributed by atoms with van der Waals surface area (Å²) in [6.07, 6.45) is 5.98. The number of aromatic nitrogens is 2. The lowest BCUT2D eigenvalue weighted by atomic mass is 10.0. The fourth-order valence-corrected chi connectivity index (χ4v) is 5.35. The van der Waals surface area contributed by atoms with Crippen LogP contribution in [0.25, 0.3) is 0 Å². The lowest BCUT2D eigenvalue weighted by Crippen LogP contribution is -2.52. The summed E-state index contributed by atoms with van der Waals surface area (Å²) in [5.41, 5.74) is 3.21. The number of nitrogens with one attached hydrogen (secondary N) is 2. The van der Waals surface area contributed by atoms with Crippen LogP contribution in [0.5, 0.6) is 0 Å². The van der Waals surface area contributed by atoms with Crippen LogP contribution in [0.3, 0.4) is 0 Å². The second-order valence-electron chi connectivity index (χ2n) is 10.2. The molecule has 0 bridgehead atoms. The molecule has 1 spiro atoms. The minimum absolute atomic E-state index is 0.0744. The van der Waals surface area contributed by atoms with Crippen LogP contribution in [-0.4, -0.2) is 78.8 Å². The van der Waals surface area contributed by atoms with Crippen molar-refractivity contribution in [3.05, 3.63) is 40.7 Å². The molecule has 5 rings (SSSR count). The number of nitriles is 1. The predicted molar refractivity (Wildman–Crippen MR) is 141 cm³/mol. The number of carbonyl (C=O) groups excluding carboxylic acids is 2. The van der Waals surface area contributed by atoms with E-state index in [2.05, 4.69) is 38.5 Å². The SMILES string of the molecule is COCCNc1cc(NC(=O)N2CCCc3cc(CN4C(C)COCC45CC5)c(C=O)nc32)ncc1C#N. The zero-order valence-corrected chi connectivity index (χ0v) is 21.8. The van der Waals surface area contributed by atoms with E-state index < -0.39 is 0 Å². The summed E-state index contributed by atoms with van der Waals surface area (Å²) in [5.74, 6) is 0.812. The molecule has 1 atom stereocenters. The van der Waals surface area contributed by atoms with Crippen molar-refractivity contribution in [2.45, 2.75) is 50.7 Å². The second-order valence-corrected chi connectivity index (χ2v) is 10.2. The van der Waals surface area contributed by atoms with Crippen LogP contribution in [0.15, 0.2) is 18.3 Å². The van der Waals surface area contributed by atoms with E-state index in [1.54, 1.807) is 18.1 Å². The van der Waals surface area contributed by atoms with Gasteiger partial charge in [0.05, 0.1) is 31.1 Å². The molecule has 1 saturated carbocycles. The third-order valence-electron chi connectivity index (χ3n) is 7.55. The molecule has 11 heteroatoms. The zero-order chi connectivity index (χ0) is 26.7. The average molecular weight is 520 g/mol. The Hall–Kier alpha value is -3.59. The number of carbonyl (C=O) groups is 2. The molecule has 11 nitrogen and oxygen atoms in total. The number of fused-ring (bicyclic) bond motifs is 1. The van der Waals surface area contributed by atoms with E-state index in [-0.39, 0.29) is 17.6 Å². The summed E-state index contributed by atoms with van der Waals surface area (Å²) in [6, 6.07) is 5.64. The van der Waals surface area contributed by atoms with Gasteiger partial charge in [-0.15, -0.1) is 0 Å². The maximum atomic E-state index is 13.3. The van der Waals surface area contributed by atoms with Gasteiger partial charge in [0.2, 0.25) is 0 Å². The number of pyridine rings is 2. The second kappa shape index (κ2) is 11.0. The molecule has 2 aliphatic heterocycles. The Bertz CT molecular complexity index is 1260. The Morgan fingerprint density at radius 1 is 1.39 bits per heavy atom. The largest absolute Gasteiger partial charge is 0.383 e. The van der Waals surface area contributed by atoms with Crippen LogP contribution in [0.4, 0.5) is 22.1 Å². The van der Waals surface area contributed by atoms with Crippen LogP contribution < -0.4 is 15.5 Å². The number of aldehydes is 1. The molecule has 2 amide bonds. The van der Waals surface area contributed by atoms with Crippen molar-refractivity contribution in [3.63, 3.8) is 0 Å². The van der Waals surface area contributed by atoms with Crippen LogP contribution in [0.1, 0.15) is 53.4 Å². The van der Waals surface area contributed by atoms with Crippen molar-refractivity contribution in [2.24, 2.45) is 0 Å². The number of ether oxygens (including phenoxy) is 2. The highest BCUT2D eigenvalue weighted by atomic mass is 16.5. The quantitative estimate of drug-likeness (QED) is 0.399. The topological polar surface area (TPSA) is 133 Å². The van der Waals surface area contributed by atoms with E-state index in [4.69, 9.17) is 9.47 Å². The van der Waals surface area contributed by atoms with Crippen LogP contribution >= 0.6 is 0 Å². The molecule has 1 unspecified atom stereocenters. The minimum atomic E-state index is -0.387. The van der Waals surface area contributed by atoms with Crippen molar-refractivity contribution in [1.29, 1.82) is 5.26 Å². The number of aryl methyl sites for hydroxylation is 1. The fourth-order valence-electron chi connectivity index (χ4n) is 5.35. The molecule has 2 fully saturated rings. The van der Waals surface area contributed by atoms with Gasteiger partial charge in [-0.25, -0.2) is 14.8 Å². The third kappa shape index (κ3) is 5.20. The van der Waals surface area contributed by atoms with Gasteiger partial charge >= 0.3 is 6.03 Å². The maximum Gasteiger partial charge on any atom is 0.328 e. The monoisotopic (exact) mass is 519 g/mol. The lowest BCUT2D eigenvalue weighted by Gasteiger charge is -2.41. The minimum Gasteiger partial charge on any atom is -0.383 e. The predicted octanol–water partition coefficient (Wildman–Crippen LogP) is 2.96. The van der Waals surface area contributed by atoms with Gasteiger partial charge in [-0.3, -0.25) is 19.9 Å². The van der Waals surface area contributed by atoms with E-state index >= 15 is 0 Å². The molecule has 2 aromatic heterocycles. The Balaban J connectivity index is 1.36. The summed E-state index contributed by atoms with van der Waals surface area (Å²) < 4.78 is 10.9. The number of hydrogen-bond acceptors (Lipinski definition) is 9. The van der Waals surface area contributed by atoms with Gasteiger partial charge in [-0.1, -0.05) is 0 Å². The number of urea groups is 1. The Morgan fingerprint density at radius 3 is 2.97 bits per heavy atom. The number of methoxy groups -OCH3 is 1. The zero-order valence-electron chi connectivity index (χ0n) is 21.8. The van der Waals surface area contributed by atoms with Gasteiger partial charge in [0.1, 0.15) is 23.4 Å². The van der Waals surface area contributed by atoms with E-state index in [9.17, 15) is 14.9 Å². The number of rotatable bonds is 8. The fraction of sp³-hybridized carbons (Fsp3) is 0.519. The first kappa shape index (κ1) is 26.0. The maximum absolute atomic E-state index is 13.3.